The summed E-state index contributed by atoms with van der Waals surface area (Å²) < 4.78 is 107. The van der Waals surface area contributed by atoms with Crippen molar-refractivity contribution in [2.24, 2.45) is 0 Å². The third kappa shape index (κ3) is 4.93. The van der Waals surface area contributed by atoms with E-state index in [2.05, 4.69) is 2.51 Å². The Balaban J connectivity index is 2.47. The van der Waals surface area contributed by atoms with Crippen molar-refractivity contribution < 1.29 is 37.3 Å². The van der Waals surface area contributed by atoms with E-state index in [0.29, 0.717) is 0 Å². The quantitative estimate of drug-likeness (QED) is 0.380. The van der Waals surface area contributed by atoms with Gasteiger partial charge in [-0.1, -0.05) is 0 Å². The maximum absolute atomic E-state index is 13.8. The average molecular weight is 526 g/mol. The molecule has 0 amide bonds. The molecule has 0 saturated carbocycles. The van der Waals surface area contributed by atoms with Gasteiger partial charge in [0.25, 0.3) is 0 Å². The first-order valence-electron chi connectivity index (χ1n) is 7.21. The molecule has 0 aliphatic heterocycles. The van der Waals surface area contributed by atoms with E-state index in [4.69, 9.17) is 0 Å². The molecular formula is C16H13F6IO3S. The van der Waals surface area contributed by atoms with Gasteiger partial charge in [0, 0.05) is 0 Å². The van der Waals surface area contributed by atoms with Crippen molar-refractivity contribution in [1.29, 1.82) is 0 Å². The van der Waals surface area contributed by atoms with Crippen LogP contribution in [0.25, 0.3) is 0 Å². The molecule has 0 N–H and O–H groups in total. The van der Waals surface area contributed by atoms with Gasteiger partial charge in [-0.2, -0.15) is 0 Å². The third-order valence-electron chi connectivity index (χ3n) is 3.20. The van der Waals surface area contributed by atoms with Gasteiger partial charge in [0.2, 0.25) is 0 Å². The van der Waals surface area contributed by atoms with Gasteiger partial charge in [0.05, 0.1) is 0 Å². The van der Waals surface area contributed by atoms with E-state index >= 15 is 0 Å². The summed E-state index contributed by atoms with van der Waals surface area (Å²) in [7, 11) is -6.21. The van der Waals surface area contributed by atoms with Crippen molar-refractivity contribution in [2.45, 2.75) is 24.5 Å². The molecular weight excluding hydrogens is 513 g/mol. The second-order valence-electron chi connectivity index (χ2n) is 5.32. The summed E-state index contributed by atoms with van der Waals surface area (Å²) in [6.07, 6.45) is -11.0. The summed E-state index contributed by atoms with van der Waals surface area (Å²) in [6, 6.07) is 13.4. The molecule has 0 radical (unpaired) electrons. The first-order chi connectivity index (χ1) is 12.4. The summed E-state index contributed by atoms with van der Waals surface area (Å²) in [4.78, 5) is 0. The van der Waals surface area contributed by atoms with E-state index in [1.807, 2.05) is 0 Å². The SMILES string of the molecule is Cc1ccc(I(OS(=O)(=O)C(F)(F)C(F)C(F)(F)F)c2ccccc2)cc1. The number of benzene rings is 2. The number of halogens is 7. The second kappa shape index (κ2) is 7.95. The minimum absolute atomic E-state index is 0.243. The van der Waals surface area contributed by atoms with Crippen LogP contribution in [0.4, 0.5) is 26.3 Å². The first-order valence-corrected chi connectivity index (χ1v) is 11.7. The third-order valence-corrected chi connectivity index (χ3v) is 10.6. The molecule has 150 valence electrons. The van der Waals surface area contributed by atoms with Crippen LogP contribution in [0.1, 0.15) is 5.56 Å². The zero-order valence-corrected chi connectivity index (χ0v) is 16.5. The van der Waals surface area contributed by atoms with Crippen molar-refractivity contribution in [3.05, 3.63) is 67.3 Å². The maximum atomic E-state index is 13.8. The molecule has 0 spiro atoms. The molecule has 1 unspecified atom stereocenters. The van der Waals surface area contributed by atoms with Crippen molar-refractivity contribution in [3.8, 4) is 0 Å². The minimum atomic E-state index is -6.21. The summed E-state index contributed by atoms with van der Waals surface area (Å²) >= 11 is -3.61. The van der Waals surface area contributed by atoms with Gasteiger partial charge in [-0.05, 0) is 0 Å². The molecule has 0 aromatic heterocycles. The molecule has 0 fully saturated rings. The van der Waals surface area contributed by atoms with Gasteiger partial charge in [-0.15, -0.1) is 0 Å². The monoisotopic (exact) mass is 526 g/mol. The molecule has 2 rings (SSSR count). The summed E-state index contributed by atoms with van der Waals surface area (Å²) in [6.45, 7) is 1.73. The number of rotatable bonds is 6. The molecule has 11 heteroatoms. The Labute approximate surface area is 159 Å². The predicted molar refractivity (Wildman–Crippen MR) is 94.9 cm³/mol. The van der Waals surface area contributed by atoms with Gasteiger partial charge in [0.1, 0.15) is 0 Å². The normalized spacial score (nSPS) is 14.7. The Bertz CT molecular complexity index is 869. The van der Waals surface area contributed by atoms with Gasteiger partial charge >= 0.3 is 159 Å². The van der Waals surface area contributed by atoms with Gasteiger partial charge < -0.3 is 0 Å². The Hall–Kier alpha value is -1.34. The average Bonchev–Trinajstić information content (AvgIpc) is 2.59. The fraction of sp³-hybridized carbons (Fsp3) is 0.250. The van der Waals surface area contributed by atoms with Crippen LogP contribution >= 0.6 is 20.2 Å². The molecule has 3 nitrogen and oxygen atoms in total. The van der Waals surface area contributed by atoms with E-state index in [0.717, 1.165) is 5.56 Å². The fourth-order valence-corrected chi connectivity index (χ4v) is 8.79. The summed E-state index contributed by atoms with van der Waals surface area (Å²) in [5.41, 5.74) is 0.789. The fourth-order valence-electron chi connectivity index (χ4n) is 1.82. The van der Waals surface area contributed by atoms with Gasteiger partial charge in [-0.3, -0.25) is 0 Å². The van der Waals surface area contributed by atoms with E-state index in [-0.39, 0.29) is 7.14 Å². The van der Waals surface area contributed by atoms with E-state index in [1.165, 1.54) is 36.4 Å². The van der Waals surface area contributed by atoms with Crippen molar-refractivity contribution >= 4 is 30.4 Å². The Kier molecular flexibility index (Phi) is 6.47. The zero-order chi connectivity index (χ0) is 20.5. The zero-order valence-electron chi connectivity index (χ0n) is 13.6. The van der Waals surface area contributed by atoms with Crippen LogP contribution in [0.2, 0.25) is 0 Å². The molecule has 0 aliphatic rings. The Morgan fingerprint density at radius 2 is 1.37 bits per heavy atom. The second-order valence-corrected chi connectivity index (χ2v) is 11.9. The van der Waals surface area contributed by atoms with Crippen LogP contribution in [0, 0.1) is 14.1 Å². The Morgan fingerprint density at radius 1 is 0.889 bits per heavy atom. The topological polar surface area (TPSA) is 43.4 Å². The molecule has 2 aromatic rings. The molecule has 0 heterocycles. The van der Waals surface area contributed by atoms with Crippen LogP contribution in [0.15, 0.2) is 54.6 Å². The van der Waals surface area contributed by atoms with Crippen molar-refractivity contribution in [2.75, 3.05) is 0 Å². The molecule has 0 saturated heterocycles. The standard InChI is InChI=1S/C16H13F6IO3S/c1-11-7-9-13(10-8-11)23(12-5-3-2-4-6-12)26-27(24,25)16(21,22)14(17)15(18,19)20/h2-10,14H,1H3. The van der Waals surface area contributed by atoms with E-state index in [9.17, 15) is 34.8 Å². The molecule has 0 aliphatic carbocycles. The molecule has 0 bridgehead atoms. The van der Waals surface area contributed by atoms with Crippen molar-refractivity contribution in [1.82, 2.24) is 0 Å². The van der Waals surface area contributed by atoms with Crippen LogP contribution in [0.3, 0.4) is 0 Å². The molecule has 1 atom stereocenters. The number of hydrogen-bond acceptors (Lipinski definition) is 3. The molecule has 27 heavy (non-hydrogen) atoms. The summed E-state index contributed by atoms with van der Waals surface area (Å²) in [5, 5.41) is -5.78. The van der Waals surface area contributed by atoms with E-state index in [1.54, 1.807) is 25.1 Å². The number of alkyl halides is 6. The Morgan fingerprint density at radius 3 is 1.85 bits per heavy atom. The van der Waals surface area contributed by atoms with Crippen LogP contribution in [-0.2, 0) is 12.6 Å². The number of hydrogen-bond donors (Lipinski definition) is 0. The predicted octanol–water partition coefficient (Wildman–Crippen LogP) is 5.30. The van der Waals surface area contributed by atoms with Gasteiger partial charge in [0.15, 0.2) is 0 Å². The van der Waals surface area contributed by atoms with Crippen LogP contribution in [-0.4, -0.2) is 26.0 Å². The van der Waals surface area contributed by atoms with Crippen LogP contribution in [0.5, 0.6) is 0 Å². The summed E-state index contributed by atoms with van der Waals surface area (Å²) in [5.74, 6) is 0. The number of aryl methyl sites for hydroxylation is 1. The van der Waals surface area contributed by atoms with Crippen molar-refractivity contribution in [3.63, 3.8) is 0 Å². The molecule has 2 aromatic carbocycles. The first kappa shape index (κ1) is 22.0. The van der Waals surface area contributed by atoms with Gasteiger partial charge in [-0.25, -0.2) is 0 Å². The van der Waals surface area contributed by atoms with E-state index < -0.39 is 48.0 Å². The van der Waals surface area contributed by atoms with Crippen LogP contribution < -0.4 is 0 Å².